The number of H-pyrrole nitrogens is 1. The Morgan fingerprint density at radius 2 is 1.66 bits per heavy atom. The second-order valence-corrected chi connectivity index (χ2v) is 7.56. The number of carbonyl (C=O) groups excluding carboxylic acids is 2. The third kappa shape index (κ3) is 3.02. The van der Waals surface area contributed by atoms with Crippen LogP contribution in [0.5, 0.6) is 0 Å². The number of rotatable bonds is 2. The van der Waals surface area contributed by atoms with Gasteiger partial charge in [-0.1, -0.05) is 39.0 Å². The van der Waals surface area contributed by atoms with E-state index in [-0.39, 0.29) is 5.69 Å². The summed E-state index contributed by atoms with van der Waals surface area (Å²) in [5.74, 6) is -3.44. The van der Waals surface area contributed by atoms with E-state index in [1.165, 1.54) is 45.0 Å². The highest BCUT2D eigenvalue weighted by Gasteiger charge is 2.68. The third-order valence-electron chi connectivity index (χ3n) is 4.48. The summed E-state index contributed by atoms with van der Waals surface area (Å²) in [7, 11) is 0. The quantitative estimate of drug-likeness (QED) is 0.695. The smallest absolute Gasteiger partial charge is 0.330 e. The molecule has 0 aliphatic carbocycles. The molecule has 0 saturated heterocycles. The number of carbonyl (C=O) groups is 2. The Morgan fingerprint density at radius 3 is 2.17 bits per heavy atom. The summed E-state index contributed by atoms with van der Waals surface area (Å²) in [5, 5.41) is 3.68. The first-order chi connectivity index (χ1) is 13.3. The molecule has 0 unspecified atom stereocenters. The standard InChI is InChI=1S/C18H17F3N4O4/c1-16(2,3)13(27)24-17(18(19,20)21)10-11(22-14(17)28)25(15(29)23-12(10)26)9-7-5-4-6-8-9/h4-8H,1-3H3,(H,22,28)(H,24,27)(H,23,26,29)/t17-/m0/s1. The van der Waals surface area contributed by atoms with Gasteiger partial charge in [0.05, 0.1) is 5.69 Å². The van der Waals surface area contributed by atoms with Crippen LogP contribution in [0.15, 0.2) is 39.9 Å². The van der Waals surface area contributed by atoms with Gasteiger partial charge in [-0.15, -0.1) is 0 Å². The van der Waals surface area contributed by atoms with Crippen molar-refractivity contribution >= 4 is 17.6 Å². The summed E-state index contributed by atoms with van der Waals surface area (Å²) in [4.78, 5) is 51.6. The average Bonchev–Trinajstić information content (AvgIpc) is 2.88. The number of anilines is 1. The molecule has 3 rings (SSSR count). The fourth-order valence-corrected chi connectivity index (χ4v) is 2.96. The van der Waals surface area contributed by atoms with Crippen molar-refractivity contribution in [1.82, 2.24) is 14.9 Å². The van der Waals surface area contributed by atoms with Gasteiger partial charge in [-0.2, -0.15) is 13.2 Å². The first-order valence-corrected chi connectivity index (χ1v) is 8.46. The van der Waals surface area contributed by atoms with Crippen molar-refractivity contribution in [3.63, 3.8) is 0 Å². The van der Waals surface area contributed by atoms with Crippen molar-refractivity contribution in [2.75, 3.05) is 5.32 Å². The summed E-state index contributed by atoms with van der Waals surface area (Å²) in [6, 6.07) is 7.48. The number of fused-ring (bicyclic) bond motifs is 1. The minimum atomic E-state index is -5.37. The van der Waals surface area contributed by atoms with Crippen molar-refractivity contribution in [3.8, 4) is 5.69 Å². The molecule has 3 N–H and O–H groups in total. The van der Waals surface area contributed by atoms with Crippen LogP contribution in [0.1, 0.15) is 26.3 Å². The van der Waals surface area contributed by atoms with Gasteiger partial charge in [0.25, 0.3) is 11.5 Å². The van der Waals surface area contributed by atoms with Crippen LogP contribution in [-0.4, -0.2) is 27.5 Å². The maximum Gasteiger partial charge on any atom is 0.425 e. The molecule has 29 heavy (non-hydrogen) atoms. The van der Waals surface area contributed by atoms with Crippen LogP contribution >= 0.6 is 0 Å². The number of nitrogens with zero attached hydrogens (tertiary/aromatic N) is 1. The molecule has 1 aliphatic heterocycles. The highest BCUT2D eigenvalue weighted by molar-refractivity contribution is 6.08. The van der Waals surface area contributed by atoms with Crippen molar-refractivity contribution in [2.24, 2.45) is 5.41 Å². The predicted octanol–water partition coefficient (Wildman–Crippen LogP) is 1.40. The highest BCUT2D eigenvalue weighted by Crippen LogP contribution is 2.45. The lowest BCUT2D eigenvalue weighted by molar-refractivity contribution is -0.201. The van der Waals surface area contributed by atoms with E-state index in [1.54, 1.807) is 16.4 Å². The maximum atomic E-state index is 14.2. The second-order valence-electron chi connectivity index (χ2n) is 7.56. The fourth-order valence-electron chi connectivity index (χ4n) is 2.96. The molecule has 1 aliphatic rings. The number of hydrogen-bond donors (Lipinski definition) is 3. The van der Waals surface area contributed by atoms with E-state index in [2.05, 4.69) is 0 Å². The van der Waals surface area contributed by atoms with Gasteiger partial charge in [0.15, 0.2) is 0 Å². The molecule has 11 heteroatoms. The van der Waals surface area contributed by atoms with Gasteiger partial charge in [0.2, 0.25) is 11.4 Å². The highest BCUT2D eigenvalue weighted by atomic mass is 19.4. The predicted molar refractivity (Wildman–Crippen MR) is 96.6 cm³/mol. The van der Waals surface area contributed by atoms with E-state index < -0.39 is 51.6 Å². The number of nitrogens with one attached hydrogen (secondary N) is 3. The van der Waals surface area contributed by atoms with Crippen molar-refractivity contribution in [2.45, 2.75) is 32.5 Å². The Balaban J connectivity index is 2.38. The zero-order valence-corrected chi connectivity index (χ0v) is 15.6. The largest absolute Gasteiger partial charge is 0.425 e. The normalized spacial score (nSPS) is 18.9. The van der Waals surface area contributed by atoms with Crippen LogP contribution in [0, 0.1) is 5.41 Å². The van der Waals surface area contributed by atoms with E-state index in [9.17, 15) is 32.3 Å². The van der Waals surface area contributed by atoms with Gasteiger partial charge < -0.3 is 10.6 Å². The molecule has 0 spiro atoms. The molecule has 2 heterocycles. The van der Waals surface area contributed by atoms with E-state index >= 15 is 0 Å². The molecule has 0 saturated carbocycles. The molecule has 0 fully saturated rings. The molecule has 2 amide bonds. The Morgan fingerprint density at radius 1 is 1.07 bits per heavy atom. The van der Waals surface area contributed by atoms with Gasteiger partial charge in [-0.05, 0) is 12.1 Å². The van der Waals surface area contributed by atoms with E-state index in [0.717, 1.165) is 4.57 Å². The molecule has 8 nitrogen and oxygen atoms in total. The average molecular weight is 410 g/mol. The van der Waals surface area contributed by atoms with E-state index in [1.807, 2.05) is 5.32 Å². The molecular formula is C18H17F3N4O4. The van der Waals surface area contributed by atoms with Gasteiger partial charge in [-0.25, -0.2) is 9.36 Å². The lowest BCUT2D eigenvalue weighted by Crippen LogP contribution is -2.63. The molecule has 154 valence electrons. The third-order valence-corrected chi connectivity index (χ3v) is 4.48. The molecule has 1 aromatic carbocycles. The number of amides is 2. The maximum absolute atomic E-state index is 14.2. The van der Waals surface area contributed by atoms with Gasteiger partial charge in [0.1, 0.15) is 11.4 Å². The van der Waals surface area contributed by atoms with Crippen LogP contribution < -0.4 is 21.9 Å². The Kier molecular flexibility index (Phi) is 4.44. The molecular weight excluding hydrogens is 393 g/mol. The zero-order valence-electron chi connectivity index (χ0n) is 15.6. The summed E-state index contributed by atoms with van der Waals surface area (Å²) in [6.07, 6.45) is -5.37. The SMILES string of the molecule is CC(C)(C)C(=O)N[C@]1(C(F)(F)F)C(=O)Nc2c1c(=O)[nH]c(=O)n2-c1ccccc1. The van der Waals surface area contributed by atoms with Crippen LogP contribution in [-0.2, 0) is 15.1 Å². The van der Waals surface area contributed by atoms with Crippen molar-refractivity contribution < 1.29 is 22.8 Å². The van der Waals surface area contributed by atoms with E-state index in [0.29, 0.717) is 0 Å². The topological polar surface area (TPSA) is 113 Å². The van der Waals surface area contributed by atoms with Crippen LogP contribution in [0.4, 0.5) is 19.0 Å². The summed E-state index contributed by atoms with van der Waals surface area (Å²) >= 11 is 0. The Hall–Kier alpha value is -3.37. The number of aromatic nitrogens is 2. The summed E-state index contributed by atoms with van der Waals surface area (Å²) in [6.45, 7) is 4.07. The number of halogens is 3. The van der Waals surface area contributed by atoms with Crippen molar-refractivity contribution in [3.05, 3.63) is 56.7 Å². The summed E-state index contributed by atoms with van der Waals surface area (Å²) in [5.41, 5.74) is -8.39. The van der Waals surface area contributed by atoms with Gasteiger partial charge >= 0.3 is 11.9 Å². The Labute approximate surface area is 161 Å². The first kappa shape index (κ1) is 20.4. The lowest BCUT2D eigenvalue weighted by Gasteiger charge is -2.32. The summed E-state index contributed by atoms with van der Waals surface area (Å²) < 4.78 is 43.3. The molecule has 1 atom stereocenters. The Bertz CT molecular complexity index is 1110. The molecule has 0 radical (unpaired) electrons. The second kappa shape index (κ2) is 6.33. The molecule has 0 bridgehead atoms. The van der Waals surface area contributed by atoms with Crippen LogP contribution in [0.3, 0.4) is 0 Å². The fraction of sp³-hybridized carbons (Fsp3) is 0.333. The van der Waals surface area contributed by atoms with Crippen LogP contribution in [0.25, 0.3) is 5.69 Å². The number of alkyl halides is 3. The van der Waals surface area contributed by atoms with Crippen molar-refractivity contribution in [1.29, 1.82) is 0 Å². The molecule has 1 aromatic heterocycles. The lowest BCUT2D eigenvalue weighted by atomic mass is 9.88. The minimum absolute atomic E-state index is 0.116. The number of benzene rings is 1. The first-order valence-electron chi connectivity index (χ1n) is 8.46. The van der Waals surface area contributed by atoms with Gasteiger partial charge in [-0.3, -0.25) is 19.4 Å². The zero-order chi connectivity index (χ0) is 21.8. The van der Waals surface area contributed by atoms with Crippen LogP contribution in [0.2, 0.25) is 0 Å². The van der Waals surface area contributed by atoms with Gasteiger partial charge in [0, 0.05) is 5.41 Å². The van der Waals surface area contributed by atoms with E-state index in [4.69, 9.17) is 0 Å². The number of para-hydroxylation sites is 1. The monoisotopic (exact) mass is 410 g/mol. The minimum Gasteiger partial charge on any atom is -0.330 e. The number of aromatic amines is 1. The molecule has 2 aromatic rings. The number of hydrogen-bond acceptors (Lipinski definition) is 4.